The molecule has 0 radical (unpaired) electrons. The Morgan fingerprint density at radius 3 is 2.19 bits per heavy atom. The molecule has 4 nitrogen and oxygen atoms in total. The van der Waals surface area contributed by atoms with Gasteiger partial charge in [-0.15, -0.1) is 0 Å². The van der Waals surface area contributed by atoms with Crippen LogP contribution < -0.4 is 0 Å². The number of rotatable bonds is 3. The summed E-state index contributed by atoms with van der Waals surface area (Å²) in [4.78, 5) is 10.7. The Bertz CT molecular complexity index is 326. The second-order valence-corrected chi connectivity index (χ2v) is 6.92. The highest BCUT2D eigenvalue weighted by atomic mass is 31.2. The molecule has 1 aliphatic heterocycles. The molecule has 0 bridgehead atoms. The minimum absolute atomic E-state index is 0.0717. The summed E-state index contributed by atoms with van der Waals surface area (Å²) in [5, 5.41) is 0. The zero-order valence-electron chi connectivity index (χ0n) is 9.46. The van der Waals surface area contributed by atoms with Crippen LogP contribution in [-0.4, -0.2) is 24.7 Å². The normalized spacial score (nSPS) is 24.1. The Morgan fingerprint density at radius 1 is 1.38 bits per heavy atom. The number of hydrogen-bond donors (Lipinski definition) is 0. The molecule has 16 heavy (non-hydrogen) atoms. The van der Waals surface area contributed by atoms with Crippen LogP contribution >= 0.6 is 7.60 Å². The van der Waals surface area contributed by atoms with Gasteiger partial charge in [-0.1, -0.05) is 13.8 Å². The first-order chi connectivity index (χ1) is 7.08. The van der Waals surface area contributed by atoms with E-state index < -0.39 is 30.9 Å². The molecule has 0 N–H and O–H groups in total. The largest absolute Gasteiger partial charge is 0.400 e. The van der Waals surface area contributed by atoms with E-state index in [1.54, 1.807) is 13.8 Å². The van der Waals surface area contributed by atoms with Gasteiger partial charge < -0.3 is 9.05 Å². The second kappa shape index (κ2) is 4.17. The average Bonchev–Trinajstić information content (AvgIpc) is 2.08. The van der Waals surface area contributed by atoms with Crippen molar-refractivity contribution in [3.05, 3.63) is 0 Å². The monoisotopic (exact) mass is 256 g/mol. The van der Waals surface area contributed by atoms with E-state index in [0.717, 1.165) is 6.92 Å². The van der Waals surface area contributed by atoms with Crippen molar-refractivity contribution in [3.63, 3.8) is 0 Å². The van der Waals surface area contributed by atoms with Crippen LogP contribution in [0, 0.1) is 5.41 Å². The molecule has 0 amide bonds. The number of halogens is 2. The third-order valence-electron chi connectivity index (χ3n) is 2.11. The minimum Gasteiger partial charge on any atom is -0.304 e. The lowest BCUT2D eigenvalue weighted by atomic mass is 9.97. The molecule has 7 heteroatoms. The Labute approximate surface area is 92.8 Å². The van der Waals surface area contributed by atoms with Gasteiger partial charge in [-0.3, -0.25) is 9.36 Å². The van der Waals surface area contributed by atoms with Crippen molar-refractivity contribution in [1.82, 2.24) is 0 Å². The summed E-state index contributed by atoms with van der Waals surface area (Å²) in [6.45, 7) is 4.36. The summed E-state index contributed by atoms with van der Waals surface area (Å²) in [6, 6.07) is 0. The fraction of sp³-hybridized carbons (Fsp3) is 0.889. The van der Waals surface area contributed by atoms with Gasteiger partial charge in [0.05, 0.1) is 19.6 Å². The van der Waals surface area contributed by atoms with Crippen molar-refractivity contribution < 1.29 is 27.2 Å². The molecule has 0 aromatic carbocycles. The summed E-state index contributed by atoms with van der Waals surface area (Å²) in [6.07, 6.45) is -1.12. The van der Waals surface area contributed by atoms with E-state index in [2.05, 4.69) is 9.05 Å². The van der Waals surface area contributed by atoms with Crippen LogP contribution in [0.5, 0.6) is 0 Å². The van der Waals surface area contributed by atoms with Gasteiger partial charge in [-0.25, -0.2) is 0 Å². The standard InChI is InChI=1S/C9H15F2O4P/c1-7(12)4-9(10,11)16(13)14-5-8(2,3)6-15-16/h4-6H2,1-3H3. The van der Waals surface area contributed by atoms with Crippen LogP contribution in [0.3, 0.4) is 0 Å². The second-order valence-electron chi connectivity index (χ2n) is 4.75. The Hall–Kier alpha value is -0.320. The topological polar surface area (TPSA) is 52.6 Å². The van der Waals surface area contributed by atoms with Gasteiger partial charge in [-0.2, -0.15) is 8.78 Å². The van der Waals surface area contributed by atoms with Gasteiger partial charge in [0, 0.05) is 5.41 Å². The maximum absolute atomic E-state index is 13.5. The number of alkyl halides is 2. The lowest BCUT2D eigenvalue weighted by molar-refractivity contribution is -0.122. The SMILES string of the molecule is CC(=O)CC(F)(F)P1(=O)OCC(C)(C)CO1. The lowest BCUT2D eigenvalue weighted by Gasteiger charge is -2.36. The lowest BCUT2D eigenvalue weighted by Crippen LogP contribution is -2.34. The van der Waals surface area contributed by atoms with E-state index in [1.807, 2.05) is 0 Å². The summed E-state index contributed by atoms with van der Waals surface area (Å²) < 4.78 is 48.0. The fourth-order valence-corrected chi connectivity index (χ4v) is 3.09. The molecule has 0 aromatic heterocycles. The average molecular weight is 256 g/mol. The maximum Gasteiger partial charge on any atom is 0.400 e. The van der Waals surface area contributed by atoms with Crippen LogP contribution in [-0.2, 0) is 18.4 Å². The Morgan fingerprint density at radius 2 is 1.81 bits per heavy atom. The van der Waals surface area contributed by atoms with Gasteiger partial charge in [0.2, 0.25) is 0 Å². The molecular formula is C9H15F2O4P. The molecule has 1 fully saturated rings. The summed E-state index contributed by atoms with van der Waals surface area (Å²) in [7, 11) is -4.50. The highest BCUT2D eigenvalue weighted by Crippen LogP contribution is 2.66. The van der Waals surface area contributed by atoms with Crippen LogP contribution in [0.1, 0.15) is 27.2 Å². The molecule has 1 aliphatic rings. The van der Waals surface area contributed by atoms with Crippen molar-refractivity contribution >= 4 is 13.4 Å². The number of carbonyl (C=O) groups excluding carboxylic acids is 1. The molecule has 0 saturated carbocycles. The van der Waals surface area contributed by atoms with Crippen LogP contribution in [0.4, 0.5) is 8.78 Å². The molecule has 94 valence electrons. The van der Waals surface area contributed by atoms with Crippen LogP contribution in [0.25, 0.3) is 0 Å². The minimum atomic E-state index is -4.50. The number of hydrogen-bond acceptors (Lipinski definition) is 4. The predicted molar refractivity (Wildman–Crippen MR) is 53.5 cm³/mol. The number of ketones is 1. The maximum atomic E-state index is 13.5. The van der Waals surface area contributed by atoms with E-state index in [9.17, 15) is 18.1 Å². The number of Topliss-reactive ketones (excluding diaryl/α,β-unsaturated/α-hetero) is 1. The Kier molecular flexibility index (Phi) is 3.58. The van der Waals surface area contributed by atoms with Crippen molar-refractivity contribution in [3.8, 4) is 0 Å². The molecule has 0 aliphatic carbocycles. The van der Waals surface area contributed by atoms with Crippen LogP contribution in [0.15, 0.2) is 0 Å². The summed E-state index contributed by atoms with van der Waals surface area (Å²) in [5.74, 6) is -0.753. The fourth-order valence-electron chi connectivity index (χ4n) is 1.18. The quantitative estimate of drug-likeness (QED) is 0.728. The van der Waals surface area contributed by atoms with Gasteiger partial charge in [0.25, 0.3) is 0 Å². The predicted octanol–water partition coefficient (Wildman–Crippen LogP) is 2.82. The molecule has 0 aromatic rings. The first-order valence-corrected chi connectivity index (χ1v) is 6.39. The summed E-state index contributed by atoms with van der Waals surface area (Å²) in [5.41, 5.74) is -4.18. The molecular weight excluding hydrogens is 241 g/mol. The first kappa shape index (κ1) is 13.7. The third kappa shape index (κ3) is 2.87. The van der Waals surface area contributed by atoms with E-state index in [-0.39, 0.29) is 13.2 Å². The van der Waals surface area contributed by atoms with E-state index >= 15 is 0 Å². The zero-order valence-corrected chi connectivity index (χ0v) is 10.4. The van der Waals surface area contributed by atoms with Crippen molar-refractivity contribution in [2.75, 3.05) is 13.2 Å². The molecule has 1 heterocycles. The number of carbonyl (C=O) groups is 1. The van der Waals surface area contributed by atoms with Crippen molar-refractivity contribution in [1.29, 1.82) is 0 Å². The molecule has 1 saturated heterocycles. The zero-order chi connectivity index (χ0) is 12.6. The van der Waals surface area contributed by atoms with Gasteiger partial charge in [0.15, 0.2) is 0 Å². The van der Waals surface area contributed by atoms with Crippen LogP contribution in [0.2, 0.25) is 0 Å². The summed E-state index contributed by atoms with van der Waals surface area (Å²) >= 11 is 0. The van der Waals surface area contributed by atoms with Gasteiger partial charge >= 0.3 is 13.3 Å². The molecule has 0 unspecified atom stereocenters. The van der Waals surface area contributed by atoms with E-state index in [4.69, 9.17) is 0 Å². The van der Waals surface area contributed by atoms with Crippen molar-refractivity contribution in [2.24, 2.45) is 5.41 Å². The highest BCUT2D eigenvalue weighted by molar-refractivity contribution is 7.55. The first-order valence-electron chi connectivity index (χ1n) is 4.84. The van der Waals surface area contributed by atoms with Gasteiger partial charge in [-0.05, 0) is 6.92 Å². The van der Waals surface area contributed by atoms with E-state index in [0.29, 0.717) is 0 Å². The third-order valence-corrected chi connectivity index (χ3v) is 4.01. The smallest absolute Gasteiger partial charge is 0.304 e. The molecule has 0 spiro atoms. The molecule has 1 rings (SSSR count). The van der Waals surface area contributed by atoms with Crippen molar-refractivity contribution in [2.45, 2.75) is 32.9 Å². The Balaban J connectivity index is 2.80. The molecule has 0 atom stereocenters. The van der Waals surface area contributed by atoms with Gasteiger partial charge in [0.1, 0.15) is 5.78 Å². The highest BCUT2D eigenvalue weighted by Gasteiger charge is 2.56. The van der Waals surface area contributed by atoms with E-state index in [1.165, 1.54) is 0 Å².